The SMILES string of the molecule is CC(CNS(=O)(=O)Cc1cccc(C(F)(F)F)c1)N1CCc2ccccc2C1. The van der Waals surface area contributed by atoms with Crippen LogP contribution in [-0.4, -0.2) is 32.4 Å². The van der Waals surface area contributed by atoms with Gasteiger partial charge in [-0.25, -0.2) is 13.1 Å². The summed E-state index contributed by atoms with van der Waals surface area (Å²) in [5.74, 6) is -0.480. The van der Waals surface area contributed by atoms with Gasteiger partial charge in [-0.05, 0) is 36.1 Å². The van der Waals surface area contributed by atoms with Crippen LogP contribution in [0.5, 0.6) is 0 Å². The highest BCUT2D eigenvalue weighted by atomic mass is 32.2. The van der Waals surface area contributed by atoms with Crippen LogP contribution in [0, 0.1) is 0 Å². The van der Waals surface area contributed by atoms with Gasteiger partial charge < -0.3 is 0 Å². The van der Waals surface area contributed by atoms with Crippen LogP contribution in [0.2, 0.25) is 0 Å². The van der Waals surface area contributed by atoms with Gasteiger partial charge in [-0.2, -0.15) is 13.2 Å². The van der Waals surface area contributed by atoms with Crippen molar-refractivity contribution in [3.63, 3.8) is 0 Å². The quantitative estimate of drug-likeness (QED) is 0.789. The van der Waals surface area contributed by atoms with Gasteiger partial charge in [0.1, 0.15) is 0 Å². The smallest absolute Gasteiger partial charge is 0.295 e. The molecule has 0 spiro atoms. The maximum atomic E-state index is 12.8. The highest BCUT2D eigenvalue weighted by molar-refractivity contribution is 7.88. The molecule has 2 aromatic carbocycles. The normalized spacial score (nSPS) is 16.6. The molecule has 1 N–H and O–H groups in total. The third-order valence-electron chi connectivity index (χ3n) is 4.99. The van der Waals surface area contributed by atoms with E-state index in [2.05, 4.69) is 21.8 Å². The molecule has 0 saturated heterocycles. The first-order chi connectivity index (χ1) is 13.1. The van der Waals surface area contributed by atoms with E-state index in [4.69, 9.17) is 0 Å². The molecule has 0 saturated carbocycles. The molecular formula is C20H23F3N2O2S. The average molecular weight is 412 g/mol. The fourth-order valence-electron chi connectivity index (χ4n) is 3.38. The van der Waals surface area contributed by atoms with Gasteiger partial charge in [-0.15, -0.1) is 0 Å². The van der Waals surface area contributed by atoms with Crippen molar-refractivity contribution < 1.29 is 21.6 Å². The molecule has 152 valence electrons. The zero-order valence-electron chi connectivity index (χ0n) is 15.5. The second kappa shape index (κ2) is 8.23. The third kappa shape index (κ3) is 5.33. The van der Waals surface area contributed by atoms with Crippen LogP contribution in [-0.2, 0) is 34.9 Å². The summed E-state index contributed by atoms with van der Waals surface area (Å²) in [6, 6.07) is 12.6. The lowest BCUT2D eigenvalue weighted by Crippen LogP contribution is -2.44. The molecule has 1 aliphatic heterocycles. The van der Waals surface area contributed by atoms with Gasteiger partial charge in [-0.3, -0.25) is 4.90 Å². The van der Waals surface area contributed by atoms with Crippen LogP contribution < -0.4 is 4.72 Å². The Kier molecular flexibility index (Phi) is 6.12. The van der Waals surface area contributed by atoms with E-state index in [1.807, 2.05) is 19.1 Å². The summed E-state index contributed by atoms with van der Waals surface area (Å²) in [6.07, 6.45) is -3.58. The van der Waals surface area contributed by atoms with E-state index in [9.17, 15) is 21.6 Å². The predicted octanol–water partition coefficient (Wildman–Crippen LogP) is 3.57. The van der Waals surface area contributed by atoms with E-state index in [0.717, 1.165) is 31.6 Å². The molecule has 0 aliphatic carbocycles. The van der Waals surface area contributed by atoms with Crippen molar-refractivity contribution in [3.8, 4) is 0 Å². The molecule has 0 bridgehead atoms. The van der Waals surface area contributed by atoms with Gasteiger partial charge in [-0.1, -0.05) is 42.5 Å². The molecule has 2 aromatic rings. The molecular weight excluding hydrogens is 389 g/mol. The highest BCUT2D eigenvalue weighted by Gasteiger charge is 2.30. The first-order valence-corrected chi connectivity index (χ1v) is 10.7. The minimum Gasteiger partial charge on any atom is -0.295 e. The number of fused-ring (bicyclic) bond motifs is 1. The van der Waals surface area contributed by atoms with Crippen molar-refractivity contribution in [2.24, 2.45) is 0 Å². The standard InChI is InChI=1S/C20H23F3N2O2S/c1-15(25-10-9-17-6-2-3-7-18(17)13-25)12-24-28(26,27)14-16-5-4-8-19(11-16)20(21,22)23/h2-8,11,15,24H,9-10,12-14H2,1H3. The van der Waals surface area contributed by atoms with Gasteiger partial charge in [0.15, 0.2) is 0 Å². The Morgan fingerprint density at radius 3 is 2.54 bits per heavy atom. The Labute approximate surface area is 163 Å². The van der Waals surface area contributed by atoms with Crippen LogP contribution in [0.4, 0.5) is 13.2 Å². The highest BCUT2D eigenvalue weighted by Crippen LogP contribution is 2.29. The van der Waals surface area contributed by atoms with E-state index >= 15 is 0 Å². The molecule has 3 rings (SSSR count). The summed E-state index contributed by atoms with van der Waals surface area (Å²) >= 11 is 0. The summed E-state index contributed by atoms with van der Waals surface area (Å²) in [7, 11) is -3.74. The Bertz CT molecular complexity index is 929. The number of sulfonamides is 1. The molecule has 1 aliphatic rings. The first kappa shape index (κ1) is 20.8. The third-order valence-corrected chi connectivity index (χ3v) is 6.31. The molecule has 0 radical (unpaired) electrons. The van der Waals surface area contributed by atoms with Crippen molar-refractivity contribution >= 4 is 10.0 Å². The van der Waals surface area contributed by atoms with Crippen LogP contribution in [0.25, 0.3) is 0 Å². The van der Waals surface area contributed by atoms with Gasteiger partial charge in [0, 0.05) is 25.7 Å². The van der Waals surface area contributed by atoms with Crippen LogP contribution in [0.3, 0.4) is 0 Å². The second-order valence-electron chi connectivity index (χ2n) is 7.14. The number of hydrogen-bond donors (Lipinski definition) is 1. The fourth-order valence-corrected chi connectivity index (χ4v) is 4.59. The summed E-state index contributed by atoms with van der Waals surface area (Å²) in [5, 5.41) is 0. The molecule has 0 aromatic heterocycles. The first-order valence-electron chi connectivity index (χ1n) is 9.08. The van der Waals surface area contributed by atoms with Crippen LogP contribution >= 0.6 is 0 Å². The van der Waals surface area contributed by atoms with Crippen molar-refractivity contribution in [3.05, 3.63) is 70.8 Å². The monoisotopic (exact) mass is 412 g/mol. The molecule has 1 heterocycles. The summed E-state index contributed by atoms with van der Waals surface area (Å²) in [6.45, 7) is 3.75. The molecule has 4 nitrogen and oxygen atoms in total. The Hall–Kier alpha value is -1.90. The van der Waals surface area contributed by atoms with Crippen molar-refractivity contribution in [2.45, 2.75) is 37.9 Å². The van der Waals surface area contributed by atoms with Gasteiger partial charge in [0.2, 0.25) is 10.0 Å². The van der Waals surface area contributed by atoms with Crippen LogP contribution in [0.15, 0.2) is 48.5 Å². The maximum absolute atomic E-state index is 12.8. The molecule has 0 fully saturated rings. The molecule has 8 heteroatoms. The molecule has 1 atom stereocenters. The number of nitrogens with zero attached hydrogens (tertiary/aromatic N) is 1. The zero-order chi connectivity index (χ0) is 20.4. The minimum atomic E-state index is -4.49. The minimum absolute atomic E-state index is 0.0235. The molecule has 28 heavy (non-hydrogen) atoms. The lowest BCUT2D eigenvalue weighted by atomic mass is 9.99. The lowest BCUT2D eigenvalue weighted by molar-refractivity contribution is -0.137. The summed E-state index contributed by atoms with van der Waals surface area (Å²) in [5.41, 5.74) is 1.82. The molecule has 1 unspecified atom stereocenters. The lowest BCUT2D eigenvalue weighted by Gasteiger charge is -2.33. The van der Waals surface area contributed by atoms with Gasteiger partial charge in [0.25, 0.3) is 0 Å². The zero-order valence-corrected chi connectivity index (χ0v) is 16.4. The van der Waals surface area contributed by atoms with E-state index in [1.54, 1.807) is 0 Å². The fraction of sp³-hybridized carbons (Fsp3) is 0.400. The number of rotatable bonds is 6. The number of benzene rings is 2. The Balaban J connectivity index is 1.58. The number of nitrogens with one attached hydrogen (secondary N) is 1. The van der Waals surface area contributed by atoms with E-state index in [0.29, 0.717) is 0 Å². The number of halogens is 3. The summed E-state index contributed by atoms with van der Waals surface area (Å²) in [4.78, 5) is 2.20. The summed E-state index contributed by atoms with van der Waals surface area (Å²) < 4.78 is 65.6. The van der Waals surface area contributed by atoms with Crippen molar-refractivity contribution in [1.29, 1.82) is 0 Å². The van der Waals surface area contributed by atoms with Crippen LogP contribution in [0.1, 0.15) is 29.2 Å². The van der Waals surface area contributed by atoms with E-state index in [-0.39, 0.29) is 18.2 Å². The number of alkyl halides is 3. The Morgan fingerprint density at radius 2 is 1.82 bits per heavy atom. The molecule has 0 amide bonds. The number of hydrogen-bond acceptors (Lipinski definition) is 3. The van der Waals surface area contributed by atoms with Crippen molar-refractivity contribution in [1.82, 2.24) is 9.62 Å². The maximum Gasteiger partial charge on any atom is 0.416 e. The van der Waals surface area contributed by atoms with E-state index < -0.39 is 27.5 Å². The largest absolute Gasteiger partial charge is 0.416 e. The second-order valence-corrected chi connectivity index (χ2v) is 8.95. The topological polar surface area (TPSA) is 49.4 Å². The van der Waals surface area contributed by atoms with Crippen molar-refractivity contribution in [2.75, 3.05) is 13.1 Å². The average Bonchev–Trinajstić information content (AvgIpc) is 2.65. The van der Waals surface area contributed by atoms with Gasteiger partial charge in [0.05, 0.1) is 11.3 Å². The predicted molar refractivity (Wildman–Crippen MR) is 102 cm³/mol. The van der Waals surface area contributed by atoms with E-state index in [1.165, 1.54) is 23.3 Å². The van der Waals surface area contributed by atoms with Gasteiger partial charge >= 0.3 is 6.18 Å². The Morgan fingerprint density at radius 1 is 1.11 bits per heavy atom.